The Labute approximate surface area is 292 Å². The van der Waals surface area contributed by atoms with Crippen LogP contribution in [-0.4, -0.2) is 38.7 Å². The van der Waals surface area contributed by atoms with Crippen LogP contribution in [0.25, 0.3) is 5.69 Å². The lowest BCUT2D eigenvalue weighted by molar-refractivity contribution is -0.143. The molecular formula is C38H39F6N5O2. The minimum atomic E-state index is -5.03. The Morgan fingerprint density at radius 2 is 1.35 bits per heavy atom. The van der Waals surface area contributed by atoms with Gasteiger partial charge < -0.3 is 10.2 Å². The van der Waals surface area contributed by atoms with Crippen molar-refractivity contribution in [3.8, 4) is 5.69 Å². The maximum Gasteiger partial charge on any atom is 0.416 e. The molecule has 2 aliphatic heterocycles. The van der Waals surface area contributed by atoms with E-state index in [2.05, 4.69) is 10.6 Å². The average molecular weight is 712 g/mol. The van der Waals surface area contributed by atoms with E-state index >= 15 is 0 Å². The van der Waals surface area contributed by atoms with E-state index in [0.29, 0.717) is 55.7 Å². The van der Waals surface area contributed by atoms with E-state index in [0.717, 1.165) is 22.5 Å². The van der Waals surface area contributed by atoms with Crippen molar-refractivity contribution in [2.45, 2.75) is 89.7 Å². The number of anilines is 2. The number of alkyl halides is 6. The van der Waals surface area contributed by atoms with Gasteiger partial charge >= 0.3 is 18.4 Å². The van der Waals surface area contributed by atoms with Crippen LogP contribution < -0.4 is 10.6 Å². The molecule has 3 heterocycles. The van der Waals surface area contributed by atoms with Gasteiger partial charge in [0.05, 0.1) is 22.5 Å². The van der Waals surface area contributed by atoms with Gasteiger partial charge in [0, 0.05) is 34.8 Å². The van der Waals surface area contributed by atoms with Crippen LogP contribution in [-0.2, 0) is 24.2 Å². The van der Waals surface area contributed by atoms with Gasteiger partial charge in [-0.1, -0.05) is 50.6 Å². The fraction of sp³-hybridized carbons (Fsp3) is 0.395. The molecule has 13 heteroatoms. The lowest BCUT2D eigenvalue weighted by Gasteiger charge is -2.39. The standard InChI is InChI=1S/C38H39F6N5O2/c1-22-5-11-29(12-6-22)49-33(21-32(47-49)36(2,3)4)46-35(51)45-28-9-7-23(8-10-28)15-24-16-30-13-14-31(17-24)48(30)34(50)25-18-26(37(39,40)41)20-27(19-25)38(42,43)44/h5-12,18-21,24,30-31H,13-17H2,1-4H3,(H2,45,46,51). The zero-order valence-corrected chi connectivity index (χ0v) is 28.6. The molecule has 0 saturated carbocycles. The number of aryl methyl sites for hydroxylation is 1. The number of amides is 3. The summed E-state index contributed by atoms with van der Waals surface area (Å²) in [5.74, 6) is -0.117. The smallest absolute Gasteiger partial charge is 0.333 e. The van der Waals surface area contributed by atoms with Crippen LogP contribution in [0.3, 0.4) is 0 Å². The number of fused-ring (bicyclic) bond motifs is 2. The second-order valence-electron chi connectivity index (χ2n) is 14.6. The third-order valence-corrected chi connectivity index (χ3v) is 9.63. The minimum absolute atomic E-state index is 0.0373. The molecule has 6 rings (SSSR count). The van der Waals surface area contributed by atoms with Gasteiger partial charge in [-0.2, -0.15) is 31.4 Å². The minimum Gasteiger partial charge on any atom is -0.333 e. The highest BCUT2D eigenvalue weighted by Crippen LogP contribution is 2.42. The van der Waals surface area contributed by atoms with E-state index in [4.69, 9.17) is 5.10 Å². The number of hydrogen-bond donors (Lipinski definition) is 2. The monoisotopic (exact) mass is 711 g/mol. The number of rotatable bonds is 6. The van der Waals surface area contributed by atoms with Crippen LogP contribution in [0.2, 0.25) is 0 Å². The van der Waals surface area contributed by atoms with Crippen LogP contribution in [0.1, 0.15) is 84.8 Å². The number of carbonyl (C=O) groups is 2. The number of hydrogen-bond acceptors (Lipinski definition) is 3. The normalized spacial score (nSPS) is 19.3. The first-order valence-corrected chi connectivity index (χ1v) is 16.8. The van der Waals surface area contributed by atoms with Crippen molar-refractivity contribution < 1.29 is 35.9 Å². The van der Waals surface area contributed by atoms with Crippen LogP contribution in [0.5, 0.6) is 0 Å². The van der Waals surface area contributed by atoms with Gasteiger partial charge in [-0.15, -0.1) is 0 Å². The van der Waals surface area contributed by atoms with Gasteiger partial charge in [0.25, 0.3) is 5.91 Å². The topological polar surface area (TPSA) is 79.3 Å². The van der Waals surface area contributed by atoms with Crippen LogP contribution in [0, 0.1) is 12.8 Å². The zero-order valence-electron chi connectivity index (χ0n) is 28.6. The Morgan fingerprint density at radius 1 is 0.784 bits per heavy atom. The van der Waals surface area contributed by atoms with E-state index in [1.54, 1.807) is 16.8 Å². The number of nitrogens with one attached hydrogen (secondary N) is 2. The van der Waals surface area contributed by atoms with Crippen LogP contribution >= 0.6 is 0 Å². The molecule has 0 aliphatic carbocycles. The SMILES string of the molecule is Cc1ccc(-n2nc(C(C)(C)C)cc2NC(=O)Nc2ccc(CC3CC4CCC(C3)N4C(=O)c3cc(C(F)(F)F)cc(C(F)(F)F)c3)cc2)cc1. The first-order valence-electron chi connectivity index (χ1n) is 16.8. The van der Waals surface area contributed by atoms with Crippen LogP contribution in [0.4, 0.5) is 42.6 Å². The molecule has 4 aromatic rings. The highest BCUT2D eigenvalue weighted by Gasteiger charge is 2.45. The molecule has 3 amide bonds. The van der Waals surface area contributed by atoms with E-state index in [9.17, 15) is 35.9 Å². The lowest BCUT2D eigenvalue weighted by Crippen LogP contribution is -2.47. The third-order valence-electron chi connectivity index (χ3n) is 9.63. The molecular weight excluding hydrogens is 672 g/mol. The van der Waals surface area contributed by atoms with Crippen molar-refractivity contribution in [3.05, 3.63) is 106 Å². The summed E-state index contributed by atoms with van der Waals surface area (Å²) in [5, 5.41) is 10.5. The second-order valence-corrected chi connectivity index (χ2v) is 14.6. The summed E-state index contributed by atoms with van der Waals surface area (Å²) in [6, 6.07) is 17.2. The molecule has 0 spiro atoms. The average Bonchev–Trinajstić information content (AvgIpc) is 3.59. The molecule has 1 aromatic heterocycles. The van der Waals surface area contributed by atoms with Crippen LogP contribution in [0.15, 0.2) is 72.8 Å². The van der Waals surface area contributed by atoms with Gasteiger partial charge in [-0.3, -0.25) is 10.1 Å². The Hall–Kier alpha value is -4.81. The van der Waals surface area contributed by atoms with Gasteiger partial charge in [0.1, 0.15) is 5.82 Å². The third kappa shape index (κ3) is 8.07. The predicted octanol–water partition coefficient (Wildman–Crippen LogP) is 9.79. The van der Waals surface area contributed by atoms with Gasteiger partial charge in [0.2, 0.25) is 0 Å². The molecule has 2 fully saturated rings. The first kappa shape index (κ1) is 36.0. The first-order chi connectivity index (χ1) is 23.8. The molecule has 51 heavy (non-hydrogen) atoms. The summed E-state index contributed by atoms with van der Waals surface area (Å²) < 4.78 is 82.4. The number of piperidine rings is 1. The fourth-order valence-corrected chi connectivity index (χ4v) is 7.07. The summed E-state index contributed by atoms with van der Waals surface area (Å²) in [6.45, 7) is 8.13. The van der Waals surface area contributed by atoms with Crippen molar-refractivity contribution in [2.75, 3.05) is 10.6 Å². The highest BCUT2D eigenvalue weighted by atomic mass is 19.4. The summed E-state index contributed by atoms with van der Waals surface area (Å²) in [7, 11) is 0. The molecule has 2 atom stereocenters. The van der Waals surface area contributed by atoms with E-state index < -0.39 is 41.0 Å². The quantitative estimate of drug-likeness (QED) is 0.196. The number of aromatic nitrogens is 2. The Balaban J connectivity index is 1.09. The molecule has 270 valence electrons. The number of carbonyl (C=O) groups excluding carboxylic acids is 2. The largest absolute Gasteiger partial charge is 0.416 e. The number of halogens is 6. The Bertz CT molecular complexity index is 1860. The van der Waals surface area contributed by atoms with E-state index in [1.807, 2.05) is 70.2 Å². The van der Waals surface area contributed by atoms with Crippen molar-refractivity contribution in [1.82, 2.24) is 14.7 Å². The fourth-order valence-electron chi connectivity index (χ4n) is 7.07. The maximum absolute atomic E-state index is 13.4. The maximum atomic E-state index is 13.4. The predicted molar refractivity (Wildman–Crippen MR) is 182 cm³/mol. The molecule has 0 radical (unpaired) electrons. The summed E-state index contributed by atoms with van der Waals surface area (Å²) in [5.41, 5.74) is 0.470. The van der Waals surface area contributed by atoms with Gasteiger partial charge in [-0.05, 0) is 93.0 Å². The van der Waals surface area contributed by atoms with Crippen molar-refractivity contribution in [3.63, 3.8) is 0 Å². The molecule has 2 N–H and O–H groups in total. The summed E-state index contributed by atoms with van der Waals surface area (Å²) in [4.78, 5) is 28.0. The number of benzene rings is 3. The highest BCUT2D eigenvalue weighted by molar-refractivity contribution is 5.99. The van der Waals surface area contributed by atoms with Crippen molar-refractivity contribution in [2.24, 2.45) is 5.92 Å². The zero-order chi connectivity index (χ0) is 36.9. The molecule has 2 unspecified atom stereocenters. The summed E-state index contributed by atoms with van der Waals surface area (Å²) >= 11 is 0. The number of urea groups is 1. The van der Waals surface area contributed by atoms with E-state index in [1.165, 1.54) is 4.90 Å². The molecule has 2 aliphatic rings. The molecule has 2 saturated heterocycles. The second kappa shape index (κ2) is 13.4. The summed E-state index contributed by atoms with van der Waals surface area (Å²) in [6.07, 6.45) is -6.94. The van der Waals surface area contributed by atoms with Crippen molar-refractivity contribution in [1.29, 1.82) is 0 Å². The Morgan fingerprint density at radius 3 is 1.88 bits per heavy atom. The molecule has 3 aromatic carbocycles. The van der Waals surface area contributed by atoms with Crippen molar-refractivity contribution >= 4 is 23.4 Å². The number of nitrogens with zero attached hydrogens (tertiary/aromatic N) is 3. The molecule has 2 bridgehead atoms. The van der Waals surface area contributed by atoms with E-state index in [-0.39, 0.29) is 29.5 Å². The van der Waals surface area contributed by atoms with Gasteiger partial charge in [0.15, 0.2) is 0 Å². The lowest BCUT2D eigenvalue weighted by atomic mass is 9.85. The van der Waals surface area contributed by atoms with Gasteiger partial charge in [-0.25, -0.2) is 9.48 Å². The molecule has 7 nitrogen and oxygen atoms in total. The Kier molecular flexibility index (Phi) is 9.45.